The molecule has 0 aliphatic rings. The van der Waals surface area contributed by atoms with Gasteiger partial charge in [-0.3, -0.25) is 4.79 Å². The van der Waals surface area contributed by atoms with Crippen LogP contribution in [0.5, 0.6) is 0 Å². The molecule has 0 spiro atoms. The van der Waals surface area contributed by atoms with E-state index in [0.717, 1.165) is 28.9 Å². The Bertz CT molecular complexity index is 916. The number of hydrogen-bond acceptors (Lipinski definition) is 1. The van der Waals surface area contributed by atoms with Gasteiger partial charge in [0, 0.05) is 23.0 Å². The number of nitrogens with two attached hydrogens (primary N) is 1. The lowest BCUT2D eigenvalue weighted by molar-refractivity contribution is 0.0999. The summed E-state index contributed by atoms with van der Waals surface area (Å²) in [6, 6.07) is 15.7. The molecule has 5 heteroatoms. The van der Waals surface area contributed by atoms with Crippen molar-refractivity contribution in [1.29, 1.82) is 0 Å². The first-order chi connectivity index (χ1) is 12.0. The summed E-state index contributed by atoms with van der Waals surface area (Å²) in [4.78, 5) is 11.7. The van der Waals surface area contributed by atoms with Crippen molar-refractivity contribution in [1.82, 2.24) is 4.57 Å². The number of primary amides is 1. The molecule has 0 saturated heterocycles. The van der Waals surface area contributed by atoms with Crippen molar-refractivity contribution >= 4 is 17.5 Å². The van der Waals surface area contributed by atoms with Crippen LogP contribution in [0.3, 0.4) is 0 Å². The van der Waals surface area contributed by atoms with E-state index in [1.807, 2.05) is 35.8 Å². The fraction of sp³-hybridized carbons (Fsp3) is 0.150. The van der Waals surface area contributed by atoms with Crippen molar-refractivity contribution in [3.05, 3.63) is 82.3 Å². The minimum absolute atomic E-state index is 0.298. The normalized spacial score (nSPS) is 10.8. The third-order valence-corrected chi connectivity index (χ3v) is 4.52. The SMILES string of the molecule is Cc1c(C(N)=O)cc(-c2ccc(F)cc2)n1CCc1cccc(Cl)c1. The maximum atomic E-state index is 13.2. The van der Waals surface area contributed by atoms with E-state index in [0.29, 0.717) is 17.1 Å². The molecule has 3 nitrogen and oxygen atoms in total. The number of aryl methyl sites for hydroxylation is 1. The Hall–Kier alpha value is -2.59. The van der Waals surface area contributed by atoms with Crippen LogP contribution in [-0.4, -0.2) is 10.5 Å². The predicted molar refractivity (Wildman–Crippen MR) is 98.2 cm³/mol. The number of aromatic nitrogens is 1. The van der Waals surface area contributed by atoms with Crippen molar-refractivity contribution in [3.8, 4) is 11.3 Å². The zero-order valence-electron chi connectivity index (χ0n) is 13.8. The highest BCUT2D eigenvalue weighted by Gasteiger charge is 2.16. The summed E-state index contributed by atoms with van der Waals surface area (Å²) in [7, 11) is 0. The summed E-state index contributed by atoms with van der Waals surface area (Å²) in [5.74, 6) is -0.769. The van der Waals surface area contributed by atoms with Gasteiger partial charge in [-0.05, 0) is 66.9 Å². The number of carbonyl (C=O) groups is 1. The summed E-state index contributed by atoms with van der Waals surface area (Å²) in [5.41, 5.74) is 9.55. The van der Waals surface area contributed by atoms with Crippen LogP contribution in [0.25, 0.3) is 11.3 Å². The fourth-order valence-electron chi connectivity index (χ4n) is 2.98. The average Bonchev–Trinajstić information content (AvgIpc) is 2.91. The Morgan fingerprint density at radius 2 is 1.88 bits per heavy atom. The van der Waals surface area contributed by atoms with Gasteiger partial charge in [0.15, 0.2) is 0 Å². The van der Waals surface area contributed by atoms with E-state index >= 15 is 0 Å². The smallest absolute Gasteiger partial charge is 0.250 e. The Kier molecular flexibility index (Phi) is 4.91. The number of hydrogen-bond donors (Lipinski definition) is 1. The highest BCUT2D eigenvalue weighted by Crippen LogP contribution is 2.27. The standard InChI is InChI=1S/C20H18ClFN2O/c1-13-18(20(23)25)12-19(15-5-7-17(22)8-6-15)24(13)10-9-14-3-2-4-16(21)11-14/h2-8,11-12H,9-10H2,1H3,(H2,23,25). The van der Waals surface area contributed by atoms with E-state index in [-0.39, 0.29) is 5.82 Å². The minimum atomic E-state index is -0.470. The van der Waals surface area contributed by atoms with Crippen molar-refractivity contribution in [2.75, 3.05) is 0 Å². The number of carbonyl (C=O) groups excluding carboxylic acids is 1. The number of benzene rings is 2. The van der Waals surface area contributed by atoms with Crippen LogP contribution >= 0.6 is 11.6 Å². The fourth-order valence-corrected chi connectivity index (χ4v) is 3.19. The molecule has 0 bridgehead atoms. The van der Waals surface area contributed by atoms with Gasteiger partial charge in [0.05, 0.1) is 5.56 Å². The second kappa shape index (κ2) is 7.11. The van der Waals surface area contributed by atoms with Gasteiger partial charge < -0.3 is 10.3 Å². The first-order valence-electron chi connectivity index (χ1n) is 7.96. The van der Waals surface area contributed by atoms with Crippen molar-refractivity contribution in [2.45, 2.75) is 19.9 Å². The molecule has 0 aliphatic carbocycles. The molecule has 0 atom stereocenters. The molecule has 0 radical (unpaired) electrons. The summed E-state index contributed by atoms with van der Waals surface area (Å²) in [6.07, 6.45) is 0.752. The van der Waals surface area contributed by atoms with Crippen molar-refractivity contribution in [2.24, 2.45) is 5.73 Å². The Balaban J connectivity index is 1.98. The molecule has 0 saturated carbocycles. The van der Waals surface area contributed by atoms with Crippen LogP contribution in [0.2, 0.25) is 5.02 Å². The molecule has 2 aromatic carbocycles. The monoisotopic (exact) mass is 356 g/mol. The third kappa shape index (κ3) is 3.74. The second-order valence-corrected chi connectivity index (χ2v) is 6.37. The molecule has 128 valence electrons. The maximum absolute atomic E-state index is 13.2. The number of rotatable bonds is 5. The first-order valence-corrected chi connectivity index (χ1v) is 8.34. The Labute approximate surface area is 150 Å². The summed E-state index contributed by atoms with van der Waals surface area (Å²) < 4.78 is 15.3. The van der Waals surface area contributed by atoms with Crippen molar-refractivity contribution < 1.29 is 9.18 Å². The molecule has 25 heavy (non-hydrogen) atoms. The van der Waals surface area contributed by atoms with E-state index in [4.69, 9.17) is 17.3 Å². The zero-order chi connectivity index (χ0) is 18.0. The van der Waals surface area contributed by atoms with Crippen LogP contribution in [0.1, 0.15) is 21.6 Å². The molecular formula is C20H18ClFN2O. The summed E-state index contributed by atoms with van der Waals surface area (Å²) >= 11 is 6.04. The predicted octanol–water partition coefficient (Wildman–Crippen LogP) is 4.60. The van der Waals surface area contributed by atoms with Crippen LogP contribution in [0, 0.1) is 12.7 Å². The van der Waals surface area contributed by atoms with Gasteiger partial charge in [0.2, 0.25) is 0 Å². The van der Waals surface area contributed by atoms with Gasteiger partial charge in [0.25, 0.3) is 5.91 Å². The van der Waals surface area contributed by atoms with E-state index in [9.17, 15) is 9.18 Å². The highest BCUT2D eigenvalue weighted by atomic mass is 35.5. The summed E-state index contributed by atoms with van der Waals surface area (Å²) in [5, 5.41) is 0.693. The molecular weight excluding hydrogens is 339 g/mol. The van der Waals surface area contributed by atoms with Gasteiger partial charge in [0.1, 0.15) is 5.82 Å². The van der Waals surface area contributed by atoms with E-state index < -0.39 is 5.91 Å². The summed E-state index contributed by atoms with van der Waals surface area (Å²) in [6.45, 7) is 2.53. The topological polar surface area (TPSA) is 48.0 Å². The molecule has 0 aliphatic heterocycles. The number of halogens is 2. The first kappa shape index (κ1) is 17.2. The quantitative estimate of drug-likeness (QED) is 0.713. The van der Waals surface area contributed by atoms with Gasteiger partial charge in [-0.25, -0.2) is 4.39 Å². The molecule has 0 unspecified atom stereocenters. The lowest BCUT2D eigenvalue weighted by Crippen LogP contribution is -2.13. The molecule has 2 N–H and O–H groups in total. The maximum Gasteiger partial charge on any atom is 0.250 e. The lowest BCUT2D eigenvalue weighted by Gasteiger charge is -2.12. The highest BCUT2D eigenvalue weighted by molar-refractivity contribution is 6.30. The Morgan fingerprint density at radius 3 is 2.52 bits per heavy atom. The molecule has 1 heterocycles. The number of amides is 1. The number of nitrogens with zero attached hydrogens (tertiary/aromatic N) is 1. The molecule has 1 amide bonds. The van der Waals surface area contributed by atoms with Crippen LogP contribution in [-0.2, 0) is 13.0 Å². The third-order valence-electron chi connectivity index (χ3n) is 4.29. The van der Waals surface area contributed by atoms with Crippen LogP contribution in [0.15, 0.2) is 54.6 Å². The van der Waals surface area contributed by atoms with Gasteiger partial charge >= 0.3 is 0 Å². The Morgan fingerprint density at radius 1 is 1.16 bits per heavy atom. The van der Waals surface area contributed by atoms with Crippen LogP contribution < -0.4 is 5.73 Å². The van der Waals surface area contributed by atoms with E-state index in [1.165, 1.54) is 12.1 Å². The van der Waals surface area contributed by atoms with Gasteiger partial charge in [-0.15, -0.1) is 0 Å². The largest absolute Gasteiger partial charge is 0.366 e. The van der Waals surface area contributed by atoms with Crippen molar-refractivity contribution in [3.63, 3.8) is 0 Å². The van der Waals surface area contributed by atoms with E-state index in [1.54, 1.807) is 18.2 Å². The van der Waals surface area contributed by atoms with Gasteiger partial charge in [-0.2, -0.15) is 0 Å². The minimum Gasteiger partial charge on any atom is -0.366 e. The molecule has 1 aromatic heterocycles. The van der Waals surface area contributed by atoms with E-state index in [2.05, 4.69) is 0 Å². The molecule has 3 aromatic rings. The average molecular weight is 357 g/mol. The zero-order valence-corrected chi connectivity index (χ0v) is 14.6. The molecule has 3 rings (SSSR count). The second-order valence-electron chi connectivity index (χ2n) is 5.93. The molecule has 0 fully saturated rings. The van der Waals surface area contributed by atoms with Gasteiger partial charge in [-0.1, -0.05) is 23.7 Å². The van der Waals surface area contributed by atoms with Crippen LogP contribution in [0.4, 0.5) is 4.39 Å². The lowest BCUT2D eigenvalue weighted by atomic mass is 10.1.